The van der Waals surface area contributed by atoms with Gasteiger partial charge in [0.1, 0.15) is 5.69 Å². The molecule has 2 aromatic carbocycles. The van der Waals surface area contributed by atoms with Crippen LogP contribution < -0.4 is 5.32 Å². The molecule has 2 unspecified atom stereocenters. The molecule has 0 saturated carbocycles. The molecule has 0 radical (unpaired) electrons. The minimum atomic E-state index is -0.145. The number of benzene rings is 2. The molecule has 3 aromatic rings. The number of amides is 1. The second-order valence-electron chi connectivity index (χ2n) is 8.72. The van der Waals surface area contributed by atoms with Gasteiger partial charge >= 0.3 is 0 Å². The van der Waals surface area contributed by atoms with Crippen molar-refractivity contribution in [2.24, 2.45) is 5.92 Å². The number of rotatable bonds is 7. The molecule has 1 amide bonds. The van der Waals surface area contributed by atoms with E-state index in [4.69, 9.17) is 26.2 Å². The highest BCUT2D eigenvalue weighted by Crippen LogP contribution is 2.25. The molecule has 2 saturated heterocycles. The summed E-state index contributed by atoms with van der Waals surface area (Å²) in [5, 5.41) is 8.62. The van der Waals surface area contributed by atoms with Crippen molar-refractivity contribution >= 4 is 17.5 Å². The van der Waals surface area contributed by atoms with Gasteiger partial charge in [-0.1, -0.05) is 41.9 Å². The first-order chi connectivity index (χ1) is 16.7. The fourth-order valence-corrected chi connectivity index (χ4v) is 4.84. The van der Waals surface area contributed by atoms with E-state index in [9.17, 15) is 4.79 Å². The van der Waals surface area contributed by atoms with E-state index in [0.29, 0.717) is 23.2 Å². The largest absolute Gasteiger partial charge is 0.381 e. The SMILES string of the molecule is O=C(NCC(C1CCOC1)N1CCOCC1)c1cc(-c2ccc(Cl)cc2)nn1-c1ccccc1. The van der Waals surface area contributed by atoms with Gasteiger partial charge in [0.15, 0.2) is 0 Å². The maximum absolute atomic E-state index is 13.5. The summed E-state index contributed by atoms with van der Waals surface area (Å²) in [6.45, 7) is 5.28. The molecular formula is C26H29ClN4O3. The summed E-state index contributed by atoms with van der Waals surface area (Å²) < 4.78 is 12.9. The molecule has 0 spiro atoms. The molecule has 178 valence electrons. The molecule has 2 aliphatic rings. The predicted molar refractivity (Wildman–Crippen MR) is 131 cm³/mol. The highest BCUT2D eigenvalue weighted by molar-refractivity contribution is 6.30. The first kappa shape index (κ1) is 23.1. The van der Waals surface area contributed by atoms with Crippen LogP contribution in [0.25, 0.3) is 16.9 Å². The van der Waals surface area contributed by atoms with Gasteiger partial charge in [-0.05, 0) is 36.8 Å². The Morgan fingerprint density at radius 1 is 1.06 bits per heavy atom. The highest BCUT2D eigenvalue weighted by Gasteiger charge is 2.32. The quantitative estimate of drug-likeness (QED) is 0.559. The number of carbonyl (C=O) groups is 1. The lowest BCUT2D eigenvalue weighted by Gasteiger charge is -2.37. The van der Waals surface area contributed by atoms with Crippen molar-refractivity contribution in [2.45, 2.75) is 12.5 Å². The number of nitrogens with one attached hydrogen (secondary N) is 1. The summed E-state index contributed by atoms with van der Waals surface area (Å²) in [7, 11) is 0. The Kier molecular flexibility index (Phi) is 7.25. The Morgan fingerprint density at radius 3 is 2.53 bits per heavy atom. The van der Waals surface area contributed by atoms with Gasteiger partial charge in [-0.3, -0.25) is 9.69 Å². The Hall–Kier alpha value is -2.71. The number of para-hydroxylation sites is 1. The van der Waals surface area contributed by atoms with E-state index in [1.165, 1.54) is 0 Å². The second-order valence-corrected chi connectivity index (χ2v) is 9.15. The van der Waals surface area contributed by atoms with Crippen LogP contribution in [0.1, 0.15) is 16.9 Å². The van der Waals surface area contributed by atoms with Crippen LogP contribution in [0.5, 0.6) is 0 Å². The van der Waals surface area contributed by atoms with Crippen LogP contribution in [-0.4, -0.2) is 72.7 Å². The minimum Gasteiger partial charge on any atom is -0.381 e. The zero-order valence-corrected chi connectivity index (χ0v) is 19.8. The third-order valence-corrected chi connectivity index (χ3v) is 6.83. The van der Waals surface area contributed by atoms with E-state index >= 15 is 0 Å². The van der Waals surface area contributed by atoms with Crippen molar-refractivity contribution in [2.75, 3.05) is 46.1 Å². The van der Waals surface area contributed by atoms with Crippen molar-refractivity contribution in [1.29, 1.82) is 0 Å². The molecule has 2 atom stereocenters. The number of carbonyl (C=O) groups excluding carboxylic acids is 1. The highest BCUT2D eigenvalue weighted by atomic mass is 35.5. The molecular weight excluding hydrogens is 452 g/mol. The molecule has 0 bridgehead atoms. The molecule has 2 fully saturated rings. The zero-order chi connectivity index (χ0) is 23.3. The summed E-state index contributed by atoms with van der Waals surface area (Å²) in [5.41, 5.74) is 2.96. The maximum Gasteiger partial charge on any atom is 0.270 e. The van der Waals surface area contributed by atoms with E-state index in [-0.39, 0.29) is 11.9 Å². The summed E-state index contributed by atoms with van der Waals surface area (Å²) in [6, 6.07) is 19.3. The number of hydrogen-bond acceptors (Lipinski definition) is 5. The van der Waals surface area contributed by atoms with Crippen LogP contribution in [0.4, 0.5) is 0 Å². The zero-order valence-electron chi connectivity index (χ0n) is 19.0. The van der Waals surface area contributed by atoms with Gasteiger partial charge in [0.05, 0.1) is 31.2 Å². The van der Waals surface area contributed by atoms with Crippen molar-refractivity contribution in [3.63, 3.8) is 0 Å². The molecule has 1 N–H and O–H groups in total. The van der Waals surface area contributed by atoms with Gasteiger partial charge in [-0.15, -0.1) is 0 Å². The lowest BCUT2D eigenvalue weighted by atomic mass is 9.97. The second kappa shape index (κ2) is 10.7. The van der Waals surface area contributed by atoms with E-state index in [0.717, 1.165) is 62.9 Å². The number of nitrogens with zero attached hydrogens (tertiary/aromatic N) is 3. The van der Waals surface area contributed by atoms with E-state index < -0.39 is 0 Å². The van der Waals surface area contributed by atoms with Crippen molar-refractivity contribution in [1.82, 2.24) is 20.0 Å². The molecule has 8 heteroatoms. The fourth-order valence-electron chi connectivity index (χ4n) is 4.72. The van der Waals surface area contributed by atoms with Gasteiger partial charge in [0.2, 0.25) is 0 Å². The summed E-state index contributed by atoms with van der Waals surface area (Å²) >= 11 is 6.06. The van der Waals surface area contributed by atoms with E-state index in [1.54, 1.807) is 4.68 Å². The summed E-state index contributed by atoms with van der Waals surface area (Å²) in [5.74, 6) is 0.260. The van der Waals surface area contributed by atoms with Gasteiger partial charge in [-0.2, -0.15) is 5.10 Å². The Bertz CT molecular complexity index is 1090. The maximum atomic E-state index is 13.5. The summed E-state index contributed by atoms with van der Waals surface area (Å²) in [4.78, 5) is 15.9. The predicted octanol–water partition coefficient (Wildman–Crippen LogP) is 3.66. The third kappa shape index (κ3) is 5.18. The number of hydrogen-bond donors (Lipinski definition) is 1. The average molecular weight is 481 g/mol. The van der Waals surface area contributed by atoms with Crippen LogP contribution in [0, 0.1) is 5.92 Å². The van der Waals surface area contributed by atoms with Crippen molar-refractivity contribution in [3.8, 4) is 16.9 Å². The molecule has 1 aromatic heterocycles. The molecule has 5 rings (SSSR count). The molecule has 3 heterocycles. The normalized spacial score (nSPS) is 19.7. The smallest absolute Gasteiger partial charge is 0.270 e. The van der Waals surface area contributed by atoms with Gasteiger partial charge < -0.3 is 14.8 Å². The van der Waals surface area contributed by atoms with Crippen molar-refractivity contribution in [3.05, 3.63) is 71.4 Å². The Labute approximate surface area is 204 Å². The fraction of sp³-hybridized carbons (Fsp3) is 0.385. The lowest BCUT2D eigenvalue weighted by Crippen LogP contribution is -2.52. The van der Waals surface area contributed by atoms with Crippen LogP contribution in [0.3, 0.4) is 0 Å². The van der Waals surface area contributed by atoms with Crippen molar-refractivity contribution < 1.29 is 14.3 Å². The summed E-state index contributed by atoms with van der Waals surface area (Å²) in [6.07, 6.45) is 1.01. The monoisotopic (exact) mass is 480 g/mol. The first-order valence-corrected chi connectivity index (χ1v) is 12.2. The minimum absolute atomic E-state index is 0.145. The van der Waals surface area contributed by atoms with Crippen LogP contribution >= 0.6 is 11.6 Å². The number of morpholine rings is 1. The molecule has 7 nitrogen and oxygen atoms in total. The molecule has 0 aliphatic carbocycles. The number of halogens is 1. The van der Waals surface area contributed by atoms with Crippen LogP contribution in [0.2, 0.25) is 5.02 Å². The van der Waals surface area contributed by atoms with Gasteiger partial charge in [0.25, 0.3) is 5.91 Å². The topological polar surface area (TPSA) is 68.6 Å². The van der Waals surface area contributed by atoms with E-state index in [2.05, 4.69) is 10.2 Å². The van der Waals surface area contributed by atoms with E-state index in [1.807, 2.05) is 60.7 Å². The molecule has 2 aliphatic heterocycles. The van der Waals surface area contributed by atoms with Gasteiger partial charge in [-0.25, -0.2) is 4.68 Å². The Balaban J connectivity index is 1.39. The standard InChI is InChI=1S/C26H29ClN4O3/c27-21-8-6-19(7-9-21)23-16-24(31(29-23)22-4-2-1-3-5-22)26(32)28-17-25(20-10-13-34-18-20)30-11-14-33-15-12-30/h1-9,16,20,25H,10-15,17-18H2,(H,28,32). The van der Waals surface area contributed by atoms with Crippen LogP contribution in [-0.2, 0) is 9.47 Å². The Morgan fingerprint density at radius 2 is 1.82 bits per heavy atom. The number of aromatic nitrogens is 2. The third-order valence-electron chi connectivity index (χ3n) is 6.58. The first-order valence-electron chi connectivity index (χ1n) is 11.8. The average Bonchev–Trinajstić information content (AvgIpc) is 3.57. The van der Waals surface area contributed by atoms with Gasteiger partial charge in [0, 0.05) is 48.8 Å². The lowest BCUT2D eigenvalue weighted by molar-refractivity contribution is 0.00164. The molecule has 34 heavy (non-hydrogen) atoms. The van der Waals surface area contributed by atoms with Crippen LogP contribution in [0.15, 0.2) is 60.7 Å². The number of ether oxygens (including phenoxy) is 2.